The Kier molecular flexibility index (Phi) is 3.16. The molecule has 0 aliphatic rings. The minimum Gasteiger partial charge on any atom is -0.289 e. The van der Waals surface area contributed by atoms with E-state index >= 15 is 0 Å². The van der Waals surface area contributed by atoms with Crippen LogP contribution in [0.1, 0.15) is 15.9 Å². The summed E-state index contributed by atoms with van der Waals surface area (Å²) in [5.41, 5.74) is 1.18. The van der Waals surface area contributed by atoms with E-state index in [1.807, 2.05) is 11.4 Å². The Bertz CT molecular complexity index is 490. The van der Waals surface area contributed by atoms with Crippen molar-refractivity contribution < 1.29 is 9.18 Å². The van der Waals surface area contributed by atoms with Crippen LogP contribution in [-0.2, 0) is 0 Å². The monoisotopic (exact) mass is 332 g/mol. The van der Waals surface area contributed by atoms with E-state index in [2.05, 4.69) is 22.6 Å². The lowest BCUT2D eigenvalue weighted by molar-refractivity contribution is 0.103. The summed E-state index contributed by atoms with van der Waals surface area (Å²) in [5, 5.41) is 1.81. The summed E-state index contributed by atoms with van der Waals surface area (Å²) in [7, 11) is 0. The third kappa shape index (κ3) is 2.43. The van der Waals surface area contributed by atoms with E-state index in [0.29, 0.717) is 11.1 Å². The van der Waals surface area contributed by atoms with E-state index in [0.717, 1.165) is 2.88 Å². The van der Waals surface area contributed by atoms with Crippen molar-refractivity contribution in [3.05, 3.63) is 55.5 Å². The van der Waals surface area contributed by atoms with Crippen LogP contribution < -0.4 is 0 Å². The maximum absolute atomic E-state index is 12.6. The van der Waals surface area contributed by atoms with Crippen LogP contribution in [0.5, 0.6) is 0 Å². The molecule has 2 rings (SSSR count). The van der Waals surface area contributed by atoms with E-state index in [-0.39, 0.29) is 11.6 Å². The van der Waals surface area contributed by atoms with Crippen molar-refractivity contribution >= 4 is 39.7 Å². The molecule has 1 heterocycles. The number of hydrogen-bond donors (Lipinski definition) is 0. The fourth-order valence-electron chi connectivity index (χ4n) is 1.20. The minimum atomic E-state index is -0.327. The number of hydrogen-bond acceptors (Lipinski definition) is 2. The molecule has 2 aromatic rings. The highest BCUT2D eigenvalue weighted by Crippen LogP contribution is 2.19. The van der Waals surface area contributed by atoms with Crippen molar-refractivity contribution in [2.45, 2.75) is 0 Å². The summed E-state index contributed by atoms with van der Waals surface area (Å²) in [6.07, 6.45) is 0. The largest absolute Gasteiger partial charge is 0.289 e. The van der Waals surface area contributed by atoms with Gasteiger partial charge in [-0.2, -0.15) is 0 Å². The lowest BCUT2D eigenvalue weighted by Gasteiger charge is -1.97. The Balaban J connectivity index is 2.32. The molecular weight excluding hydrogens is 326 g/mol. The first-order valence-corrected chi connectivity index (χ1v) is 6.17. The number of ketones is 1. The van der Waals surface area contributed by atoms with Crippen LogP contribution in [-0.4, -0.2) is 5.78 Å². The molecule has 4 heteroatoms. The molecule has 1 aromatic carbocycles. The van der Waals surface area contributed by atoms with E-state index < -0.39 is 0 Å². The highest BCUT2D eigenvalue weighted by molar-refractivity contribution is 14.1. The molecule has 0 spiro atoms. The molecule has 0 saturated carbocycles. The zero-order valence-corrected chi connectivity index (χ0v) is 10.5. The van der Waals surface area contributed by atoms with Gasteiger partial charge in [-0.05, 0) is 52.9 Å². The van der Waals surface area contributed by atoms with Crippen LogP contribution in [0.2, 0.25) is 0 Å². The van der Waals surface area contributed by atoms with Crippen LogP contribution in [0.15, 0.2) is 35.7 Å². The number of carbonyl (C=O) groups is 1. The fourth-order valence-corrected chi connectivity index (χ4v) is 2.52. The van der Waals surface area contributed by atoms with Crippen molar-refractivity contribution in [1.29, 1.82) is 0 Å². The van der Waals surface area contributed by atoms with Gasteiger partial charge in [-0.1, -0.05) is 0 Å². The lowest BCUT2D eigenvalue weighted by Crippen LogP contribution is -1.99. The first-order chi connectivity index (χ1) is 7.16. The molecular formula is C11H6FIOS. The summed E-state index contributed by atoms with van der Waals surface area (Å²) in [5.74, 6) is -0.388. The SMILES string of the molecule is O=C(c1ccc(F)cc1)c1csc(I)c1. The Labute approximate surface area is 104 Å². The normalized spacial score (nSPS) is 10.3. The molecule has 1 aromatic heterocycles. The van der Waals surface area contributed by atoms with Gasteiger partial charge in [-0.15, -0.1) is 11.3 Å². The summed E-state index contributed by atoms with van der Waals surface area (Å²) in [4.78, 5) is 11.9. The first kappa shape index (κ1) is 10.8. The van der Waals surface area contributed by atoms with Crippen LogP contribution in [0, 0.1) is 8.70 Å². The second kappa shape index (κ2) is 4.40. The van der Waals surface area contributed by atoms with Crippen LogP contribution in [0.25, 0.3) is 0 Å². The Morgan fingerprint density at radius 3 is 2.40 bits per heavy atom. The first-order valence-electron chi connectivity index (χ1n) is 4.21. The van der Waals surface area contributed by atoms with Gasteiger partial charge in [0.2, 0.25) is 0 Å². The second-order valence-electron chi connectivity index (χ2n) is 2.98. The van der Waals surface area contributed by atoms with Crippen molar-refractivity contribution in [2.75, 3.05) is 0 Å². The van der Waals surface area contributed by atoms with Crippen molar-refractivity contribution in [3.63, 3.8) is 0 Å². The maximum Gasteiger partial charge on any atom is 0.193 e. The van der Waals surface area contributed by atoms with E-state index in [1.165, 1.54) is 35.6 Å². The molecule has 0 unspecified atom stereocenters. The number of halogens is 2. The Morgan fingerprint density at radius 2 is 1.87 bits per heavy atom. The van der Waals surface area contributed by atoms with Gasteiger partial charge in [0.05, 0.1) is 2.88 Å². The van der Waals surface area contributed by atoms with E-state index in [4.69, 9.17) is 0 Å². The van der Waals surface area contributed by atoms with Gasteiger partial charge in [0.25, 0.3) is 0 Å². The highest BCUT2D eigenvalue weighted by Gasteiger charge is 2.10. The van der Waals surface area contributed by atoms with Crippen LogP contribution in [0.3, 0.4) is 0 Å². The molecule has 0 bridgehead atoms. The summed E-state index contributed by atoms with van der Waals surface area (Å²) in [6.45, 7) is 0. The molecule has 0 saturated heterocycles. The molecule has 0 radical (unpaired) electrons. The summed E-state index contributed by atoms with van der Waals surface area (Å²) < 4.78 is 13.7. The smallest absolute Gasteiger partial charge is 0.193 e. The average Bonchev–Trinajstić information content (AvgIpc) is 2.65. The average molecular weight is 332 g/mol. The van der Waals surface area contributed by atoms with Crippen molar-refractivity contribution in [3.8, 4) is 0 Å². The van der Waals surface area contributed by atoms with Gasteiger partial charge >= 0.3 is 0 Å². The molecule has 0 fully saturated rings. The third-order valence-corrected chi connectivity index (χ3v) is 3.73. The molecule has 15 heavy (non-hydrogen) atoms. The zero-order chi connectivity index (χ0) is 10.8. The topological polar surface area (TPSA) is 17.1 Å². The van der Waals surface area contributed by atoms with Gasteiger partial charge < -0.3 is 0 Å². The predicted molar refractivity (Wildman–Crippen MR) is 66.9 cm³/mol. The molecule has 76 valence electrons. The fraction of sp³-hybridized carbons (Fsp3) is 0. The molecule has 1 nitrogen and oxygen atoms in total. The number of benzene rings is 1. The zero-order valence-electron chi connectivity index (χ0n) is 7.54. The number of rotatable bonds is 2. The number of carbonyl (C=O) groups excluding carboxylic acids is 1. The minimum absolute atomic E-state index is 0.0610. The lowest BCUT2D eigenvalue weighted by atomic mass is 10.1. The Morgan fingerprint density at radius 1 is 1.20 bits per heavy atom. The molecule has 0 aliphatic heterocycles. The molecule has 0 amide bonds. The van der Waals surface area contributed by atoms with Gasteiger partial charge in [0.1, 0.15) is 5.82 Å². The second-order valence-corrected chi connectivity index (χ2v) is 5.78. The number of thiophene rings is 1. The van der Waals surface area contributed by atoms with Gasteiger partial charge in [-0.25, -0.2) is 4.39 Å². The third-order valence-electron chi connectivity index (χ3n) is 1.94. The highest BCUT2D eigenvalue weighted by atomic mass is 127. The van der Waals surface area contributed by atoms with Gasteiger partial charge in [-0.3, -0.25) is 4.79 Å². The quantitative estimate of drug-likeness (QED) is 0.605. The predicted octanol–water partition coefficient (Wildman–Crippen LogP) is 3.72. The summed E-state index contributed by atoms with van der Waals surface area (Å²) in [6, 6.07) is 7.43. The Hall–Kier alpha value is -0.750. The van der Waals surface area contributed by atoms with Crippen LogP contribution >= 0.6 is 33.9 Å². The molecule has 0 N–H and O–H groups in total. The van der Waals surface area contributed by atoms with Gasteiger partial charge in [0.15, 0.2) is 5.78 Å². The standard InChI is InChI=1S/C11H6FIOS/c12-9-3-1-7(2-4-9)11(14)8-5-10(13)15-6-8/h1-6H. The molecule has 0 atom stereocenters. The summed E-state index contributed by atoms with van der Waals surface area (Å²) >= 11 is 3.69. The van der Waals surface area contributed by atoms with Crippen molar-refractivity contribution in [2.24, 2.45) is 0 Å². The maximum atomic E-state index is 12.6. The molecule has 0 aliphatic carbocycles. The van der Waals surface area contributed by atoms with E-state index in [9.17, 15) is 9.18 Å². The van der Waals surface area contributed by atoms with Crippen molar-refractivity contribution in [1.82, 2.24) is 0 Å². The van der Waals surface area contributed by atoms with Gasteiger partial charge in [0, 0.05) is 16.5 Å². The van der Waals surface area contributed by atoms with Crippen LogP contribution in [0.4, 0.5) is 4.39 Å². The van der Waals surface area contributed by atoms with E-state index in [1.54, 1.807) is 0 Å².